The number of hydrogen-bond donors (Lipinski definition) is 2. The van der Waals surface area contributed by atoms with Crippen molar-refractivity contribution in [3.8, 4) is 0 Å². The van der Waals surface area contributed by atoms with Crippen molar-refractivity contribution in [2.24, 2.45) is 0 Å². The van der Waals surface area contributed by atoms with Gasteiger partial charge in [-0.05, 0) is 19.1 Å². The molecule has 1 unspecified atom stereocenters. The summed E-state index contributed by atoms with van der Waals surface area (Å²) in [6.07, 6.45) is 0. The van der Waals surface area contributed by atoms with Crippen molar-refractivity contribution in [1.29, 1.82) is 0 Å². The number of nitrogens with zero attached hydrogens (tertiary/aromatic N) is 1. The Kier molecular flexibility index (Phi) is 6.45. The predicted molar refractivity (Wildman–Crippen MR) is 89.1 cm³/mol. The molecule has 1 aromatic rings. The van der Waals surface area contributed by atoms with Crippen LogP contribution >= 0.6 is 0 Å². The fourth-order valence-corrected chi connectivity index (χ4v) is 2.54. The first kappa shape index (κ1) is 18.1. The van der Waals surface area contributed by atoms with Gasteiger partial charge in [0.15, 0.2) is 18.9 Å². The number of carbonyl (C=O) groups excluding carboxylic acids is 3. The molecule has 7 nitrogen and oxygen atoms in total. The highest BCUT2D eigenvalue weighted by atomic mass is 16.5. The Morgan fingerprint density at radius 1 is 1.21 bits per heavy atom. The highest BCUT2D eigenvalue weighted by molar-refractivity contribution is 5.97. The summed E-state index contributed by atoms with van der Waals surface area (Å²) in [7, 11) is 1.81. The van der Waals surface area contributed by atoms with E-state index in [2.05, 4.69) is 5.32 Å². The average Bonchev–Trinajstić information content (AvgIpc) is 2.55. The minimum absolute atomic E-state index is 0.0298. The predicted octanol–water partition coefficient (Wildman–Crippen LogP) is -0.799. The summed E-state index contributed by atoms with van der Waals surface area (Å²) in [6, 6.07) is 6.81. The summed E-state index contributed by atoms with van der Waals surface area (Å²) in [5, 5.41) is 2.76. The molecule has 0 aliphatic carbocycles. The van der Waals surface area contributed by atoms with E-state index >= 15 is 0 Å². The van der Waals surface area contributed by atoms with E-state index in [1.54, 1.807) is 29.2 Å². The van der Waals surface area contributed by atoms with E-state index in [0.29, 0.717) is 37.6 Å². The molecule has 0 radical (unpaired) electrons. The largest absolute Gasteiger partial charge is 0.378 e. The first-order valence-electron chi connectivity index (χ1n) is 8.03. The third-order valence-electron chi connectivity index (χ3n) is 3.83. The van der Waals surface area contributed by atoms with E-state index in [1.165, 1.54) is 6.92 Å². The Morgan fingerprint density at radius 2 is 1.92 bits per heavy atom. The van der Waals surface area contributed by atoms with Crippen molar-refractivity contribution in [3.63, 3.8) is 0 Å². The fraction of sp³-hybridized carbons (Fsp3) is 0.471. The van der Waals surface area contributed by atoms with Crippen LogP contribution in [0, 0.1) is 0 Å². The molecule has 7 heteroatoms. The van der Waals surface area contributed by atoms with Gasteiger partial charge < -0.3 is 19.9 Å². The molecule has 1 atom stereocenters. The second-order valence-electron chi connectivity index (χ2n) is 5.99. The number of hydrogen-bond acceptors (Lipinski definition) is 4. The number of nitrogens with one attached hydrogen (secondary N) is 2. The van der Waals surface area contributed by atoms with Crippen molar-refractivity contribution in [3.05, 3.63) is 29.8 Å². The number of morpholine rings is 1. The van der Waals surface area contributed by atoms with Gasteiger partial charge >= 0.3 is 0 Å². The van der Waals surface area contributed by atoms with E-state index in [-0.39, 0.29) is 30.7 Å². The molecule has 1 fully saturated rings. The van der Waals surface area contributed by atoms with E-state index < -0.39 is 0 Å². The quantitative estimate of drug-likeness (QED) is 0.668. The number of benzene rings is 1. The second kappa shape index (κ2) is 8.56. The van der Waals surface area contributed by atoms with Crippen molar-refractivity contribution in [1.82, 2.24) is 4.90 Å². The van der Waals surface area contributed by atoms with E-state index in [4.69, 9.17) is 4.74 Å². The molecule has 2 N–H and O–H groups in total. The molecule has 1 aromatic carbocycles. The lowest BCUT2D eigenvalue weighted by Crippen LogP contribution is -3.11. The van der Waals surface area contributed by atoms with Crippen LogP contribution in [0.3, 0.4) is 0 Å². The SMILES string of the molecule is CC(=O)c1cccc(NC(=O)C[NH+](C)CC(=O)N2CCOCC2)c1. The summed E-state index contributed by atoms with van der Waals surface area (Å²) in [6.45, 7) is 4.28. The zero-order valence-electron chi connectivity index (χ0n) is 14.1. The zero-order chi connectivity index (χ0) is 17.5. The van der Waals surface area contributed by atoms with Crippen LogP contribution in [-0.2, 0) is 14.3 Å². The molecule has 1 aliphatic heterocycles. The lowest BCUT2D eigenvalue weighted by atomic mass is 10.1. The van der Waals surface area contributed by atoms with Crippen molar-refractivity contribution < 1.29 is 24.0 Å². The average molecular weight is 334 g/mol. The Bertz CT molecular complexity index is 612. The van der Waals surface area contributed by atoms with Crippen LogP contribution in [0.5, 0.6) is 0 Å². The highest BCUT2D eigenvalue weighted by Gasteiger charge is 2.21. The summed E-state index contributed by atoms with van der Waals surface area (Å²) in [5.74, 6) is -0.213. The maximum Gasteiger partial charge on any atom is 0.279 e. The lowest BCUT2D eigenvalue weighted by Gasteiger charge is -2.27. The van der Waals surface area contributed by atoms with Gasteiger partial charge in [0.1, 0.15) is 0 Å². The molecule has 1 saturated heterocycles. The molecule has 0 spiro atoms. The fourth-order valence-electron chi connectivity index (χ4n) is 2.54. The van der Waals surface area contributed by atoms with Crippen molar-refractivity contribution in [2.45, 2.75) is 6.92 Å². The first-order chi connectivity index (χ1) is 11.5. The number of anilines is 1. The Morgan fingerprint density at radius 3 is 2.58 bits per heavy atom. The first-order valence-corrected chi connectivity index (χ1v) is 8.03. The van der Waals surface area contributed by atoms with Gasteiger partial charge in [-0.1, -0.05) is 12.1 Å². The van der Waals surface area contributed by atoms with Gasteiger partial charge in [-0.3, -0.25) is 14.4 Å². The van der Waals surface area contributed by atoms with Crippen LogP contribution in [0.15, 0.2) is 24.3 Å². The molecule has 24 heavy (non-hydrogen) atoms. The van der Waals surface area contributed by atoms with Gasteiger partial charge in [-0.15, -0.1) is 0 Å². The van der Waals surface area contributed by atoms with Gasteiger partial charge in [-0.25, -0.2) is 0 Å². The normalized spacial score (nSPS) is 15.7. The minimum atomic E-state index is -0.192. The van der Waals surface area contributed by atoms with Crippen LogP contribution in [0.1, 0.15) is 17.3 Å². The van der Waals surface area contributed by atoms with Crippen LogP contribution in [-0.4, -0.2) is 68.9 Å². The van der Waals surface area contributed by atoms with Crippen molar-refractivity contribution in [2.75, 3.05) is 51.8 Å². The van der Waals surface area contributed by atoms with E-state index in [9.17, 15) is 14.4 Å². The Labute approximate surface area is 141 Å². The zero-order valence-corrected chi connectivity index (χ0v) is 14.1. The summed E-state index contributed by atoms with van der Waals surface area (Å²) < 4.78 is 5.22. The maximum atomic E-state index is 12.1. The molecule has 1 aliphatic rings. The van der Waals surface area contributed by atoms with Crippen LogP contribution in [0.25, 0.3) is 0 Å². The number of ketones is 1. The van der Waals surface area contributed by atoms with Crippen LogP contribution < -0.4 is 10.2 Å². The third-order valence-corrected chi connectivity index (χ3v) is 3.83. The van der Waals surface area contributed by atoms with E-state index in [1.807, 2.05) is 7.05 Å². The molecule has 2 amide bonds. The molecular formula is C17H24N3O4+. The third kappa shape index (κ3) is 5.43. The lowest BCUT2D eigenvalue weighted by molar-refractivity contribution is -0.862. The van der Waals surface area contributed by atoms with Crippen LogP contribution in [0.2, 0.25) is 0 Å². The summed E-state index contributed by atoms with van der Waals surface area (Å²) >= 11 is 0. The van der Waals surface area contributed by atoms with E-state index in [0.717, 1.165) is 4.90 Å². The number of amides is 2. The highest BCUT2D eigenvalue weighted by Crippen LogP contribution is 2.10. The van der Waals surface area contributed by atoms with Gasteiger partial charge in [0, 0.05) is 24.3 Å². The minimum Gasteiger partial charge on any atom is -0.378 e. The molecular weight excluding hydrogens is 310 g/mol. The second-order valence-corrected chi connectivity index (χ2v) is 5.99. The number of ether oxygens (including phenoxy) is 1. The molecule has 130 valence electrons. The Hall–Kier alpha value is -2.25. The van der Waals surface area contributed by atoms with Gasteiger partial charge in [0.25, 0.3) is 11.8 Å². The van der Waals surface area contributed by atoms with Crippen LogP contribution in [0.4, 0.5) is 5.69 Å². The standard InChI is InChI=1S/C17H23N3O4/c1-13(21)14-4-3-5-15(10-14)18-16(22)11-19(2)12-17(23)20-6-8-24-9-7-20/h3-5,10H,6-9,11-12H2,1-2H3,(H,18,22)/p+1. The molecule has 1 heterocycles. The summed E-state index contributed by atoms with van der Waals surface area (Å²) in [5.41, 5.74) is 1.14. The van der Waals surface area contributed by atoms with Gasteiger partial charge in [-0.2, -0.15) is 0 Å². The number of carbonyl (C=O) groups is 3. The van der Waals surface area contributed by atoms with Gasteiger partial charge in [0.2, 0.25) is 0 Å². The number of Topliss-reactive ketones (excluding diaryl/α,β-unsaturated/α-hetero) is 1. The molecule has 0 aromatic heterocycles. The Balaban J connectivity index is 1.81. The molecule has 0 saturated carbocycles. The van der Waals surface area contributed by atoms with Gasteiger partial charge in [0.05, 0.1) is 20.3 Å². The number of likely N-dealkylation sites (N-methyl/N-ethyl adjacent to an activating group) is 1. The molecule has 2 rings (SSSR count). The summed E-state index contributed by atoms with van der Waals surface area (Å²) in [4.78, 5) is 38.2. The maximum absolute atomic E-state index is 12.1. The molecule has 0 bridgehead atoms. The van der Waals surface area contributed by atoms with Crippen molar-refractivity contribution >= 4 is 23.3 Å². The smallest absolute Gasteiger partial charge is 0.279 e. The topological polar surface area (TPSA) is 80.2 Å². The monoisotopic (exact) mass is 334 g/mol. The number of rotatable bonds is 6. The number of quaternary nitrogens is 1.